The maximum atomic E-state index is 14.3. The van der Waals surface area contributed by atoms with Crippen molar-refractivity contribution in [2.24, 2.45) is 0 Å². The molecule has 1 fully saturated rings. The predicted molar refractivity (Wildman–Crippen MR) is 147 cm³/mol. The molecule has 3 heterocycles. The van der Waals surface area contributed by atoms with Crippen LogP contribution in [-0.2, 0) is 22.6 Å². The van der Waals surface area contributed by atoms with E-state index in [0.29, 0.717) is 36.6 Å². The molecule has 3 aromatic rings. The Kier molecular flexibility index (Phi) is 8.21. The van der Waals surface area contributed by atoms with Crippen LogP contribution in [0.4, 0.5) is 4.39 Å². The molecule has 6 rings (SSSR count). The van der Waals surface area contributed by atoms with E-state index in [4.69, 9.17) is 21.1 Å². The lowest BCUT2D eigenvalue weighted by atomic mass is 9.99. The van der Waals surface area contributed by atoms with Crippen molar-refractivity contribution in [1.29, 1.82) is 0 Å². The molecule has 8 nitrogen and oxygen atoms in total. The molecule has 3 aliphatic rings. The van der Waals surface area contributed by atoms with Gasteiger partial charge in [0.1, 0.15) is 23.4 Å². The lowest BCUT2D eigenvalue weighted by molar-refractivity contribution is -0.133. The van der Waals surface area contributed by atoms with Crippen molar-refractivity contribution >= 4 is 29.3 Å². The Bertz CT molecular complexity index is 1410. The molecule has 1 saturated heterocycles. The number of nitrogens with one attached hydrogen (secondary N) is 2. The maximum Gasteiger partial charge on any atom is 0.258 e. The molecule has 40 heavy (non-hydrogen) atoms. The molecule has 2 atom stereocenters. The molecule has 2 N–H and O–H groups in total. The van der Waals surface area contributed by atoms with Crippen LogP contribution in [0.15, 0.2) is 60.7 Å². The Morgan fingerprint density at radius 3 is 2.70 bits per heavy atom. The molecule has 4 bridgehead atoms. The zero-order valence-electron chi connectivity index (χ0n) is 21.9. The van der Waals surface area contributed by atoms with Crippen molar-refractivity contribution in [1.82, 2.24) is 15.5 Å². The number of hydrogen-bond donors (Lipinski definition) is 2. The number of benzene rings is 3. The topological polar surface area (TPSA) is 97.0 Å². The number of halogens is 2. The number of carbonyl (C=O) groups excluding carboxylic acids is 3. The highest BCUT2D eigenvalue weighted by Gasteiger charge is 2.35. The van der Waals surface area contributed by atoms with E-state index in [1.807, 2.05) is 19.1 Å². The van der Waals surface area contributed by atoms with Gasteiger partial charge in [0.25, 0.3) is 11.8 Å². The first-order valence-electron chi connectivity index (χ1n) is 13.0. The molecule has 0 aliphatic carbocycles. The van der Waals surface area contributed by atoms with Gasteiger partial charge in [-0.3, -0.25) is 14.4 Å². The summed E-state index contributed by atoms with van der Waals surface area (Å²) < 4.78 is 26.3. The fraction of sp³-hybridized carbons (Fsp3) is 0.300. The highest BCUT2D eigenvalue weighted by molar-refractivity contribution is 6.31. The molecule has 10 heteroatoms. The van der Waals surface area contributed by atoms with E-state index < -0.39 is 18.0 Å². The average molecular weight is 566 g/mol. The van der Waals surface area contributed by atoms with Crippen LogP contribution in [0.25, 0.3) is 0 Å². The van der Waals surface area contributed by atoms with Gasteiger partial charge in [-0.25, -0.2) is 4.39 Å². The van der Waals surface area contributed by atoms with Crippen molar-refractivity contribution in [3.63, 3.8) is 0 Å². The van der Waals surface area contributed by atoms with E-state index in [2.05, 4.69) is 10.6 Å². The molecular weight excluding hydrogens is 537 g/mol. The van der Waals surface area contributed by atoms with Gasteiger partial charge in [-0.15, -0.1) is 0 Å². The first-order chi connectivity index (χ1) is 19.3. The number of piperidine rings is 1. The lowest BCUT2D eigenvalue weighted by Gasteiger charge is -2.39. The van der Waals surface area contributed by atoms with Crippen molar-refractivity contribution in [3.05, 3.63) is 93.8 Å². The second kappa shape index (κ2) is 12.0. The molecule has 0 radical (unpaired) electrons. The zero-order chi connectivity index (χ0) is 28.2. The second-order valence-electron chi connectivity index (χ2n) is 9.93. The molecule has 3 aliphatic heterocycles. The molecule has 3 amide bonds. The largest absolute Gasteiger partial charge is 0.488 e. The molecule has 0 saturated carbocycles. The summed E-state index contributed by atoms with van der Waals surface area (Å²) in [6.45, 7) is 2.51. The number of fused-ring (bicyclic) bond motifs is 7. The van der Waals surface area contributed by atoms with Gasteiger partial charge in [0.15, 0.2) is 6.61 Å². The summed E-state index contributed by atoms with van der Waals surface area (Å²) in [5, 5.41) is 6.03. The second-order valence-corrected chi connectivity index (χ2v) is 10.3. The fourth-order valence-corrected chi connectivity index (χ4v) is 5.03. The van der Waals surface area contributed by atoms with Crippen molar-refractivity contribution in [2.75, 3.05) is 19.7 Å². The first-order valence-corrected chi connectivity index (χ1v) is 13.4. The fourth-order valence-electron chi connectivity index (χ4n) is 4.81. The van der Waals surface area contributed by atoms with E-state index in [0.717, 1.165) is 11.1 Å². The van der Waals surface area contributed by atoms with Crippen LogP contribution in [0.3, 0.4) is 0 Å². The minimum Gasteiger partial charge on any atom is -0.488 e. The number of aryl methyl sites for hydroxylation is 1. The lowest BCUT2D eigenvalue weighted by Crippen LogP contribution is -2.58. The standard InChI is InChI=1S/C30H29ClFN3O5/c1-18-5-8-20-13-27(18)39-17-28(36)33-15-19-6-9-21(10-7-19)40-26-11-12-35(16-25(26)34-30(20)38)29(37)14-22-23(31)3-2-4-24(22)32/h2-10,13,25-26H,11-12,14-17H2,1H3,(H,33,36)(H,34,38)/t25-,26-/m0/s1. The van der Waals surface area contributed by atoms with Gasteiger partial charge in [0.05, 0.1) is 12.5 Å². The van der Waals surface area contributed by atoms with E-state index in [-0.39, 0.29) is 47.9 Å². The van der Waals surface area contributed by atoms with Gasteiger partial charge in [-0.05, 0) is 54.4 Å². The van der Waals surface area contributed by atoms with Gasteiger partial charge in [0, 0.05) is 42.2 Å². The molecular formula is C30H29ClFN3O5. The van der Waals surface area contributed by atoms with Crippen molar-refractivity contribution < 1.29 is 28.2 Å². The number of carbonyl (C=O) groups is 3. The minimum atomic E-state index is -0.550. The number of nitrogens with zero attached hydrogens (tertiary/aromatic N) is 1. The average Bonchev–Trinajstić information content (AvgIpc) is 2.94. The predicted octanol–water partition coefficient (Wildman–Crippen LogP) is 3.82. The number of amides is 3. The summed E-state index contributed by atoms with van der Waals surface area (Å²) in [6.07, 6.45) is -0.167. The van der Waals surface area contributed by atoms with Crippen LogP contribution in [0.2, 0.25) is 5.02 Å². The van der Waals surface area contributed by atoms with Crippen LogP contribution in [-0.4, -0.2) is 54.5 Å². The summed E-state index contributed by atoms with van der Waals surface area (Å²) in [7, 11) is 0. The van der Waals surface area contributed by atoms with Crippen LogP contribution in [0, 0.1) is 12.7 Å². The van der Waals surface area contributed by atoms with Crippen molar-refractivity contribution in [2.45, 2.75) is 38.5 Å². The summed E-state index contributed by atoms with van der Waals surface area (Å²) >= 11 is 6.15. The Hall–Kier alpha value is -4.11. The Morgan fingerprint density at radius 2 is 1.93 bits per heavy atom. The van der Waals surface area contributed by atoms with Crippen molar-refractivity contribution in [3.8, 4) is 11.5 Å². The van der Waals surface area contributed by atoms with E-state index in [1.165, 1.54) is 12.1 Å². The van der Waals surface area contributed by atoms with Crippen LogP contribution in [0.1, 0.15) is 33.5 Å². The van der Waals surface area contributed by atoms with Crippen LogP contribution >= 0.6 is 11.6 Å². The van der Waals surface area contributed by atoms with Gasteiger partial charge in [-0.1, -0.05) is 35.9 Å². The third-order valence-electron chi connectivity index (χ3n) is 7.12. The minimum absolute atomic E-state index is 0.144. The number of hydrogen-bond acceptors (Lipinski definition) is 5. The molecule has 0 aromatic heterocycles. The number of ether oxygens (including phenoxy) is 2. The number of likely N-dealkylation sites (tertiary alicyclic amines) is 1. The Morgan fingerprint density at radius 1 is 1.12 bits per heavy atom. The molecule has 3 aromatic carbocycles. The molecule has 0 unspecified atom stereocenters. The van der Waals surface area contributed by atoms with Gasteiger partial charge in [-0.2, -0.15) is 0 Å². The Balaban J connectivity index is 1.40. The SMILES string of the molecule is Cc1ccc2cc1OCC(=O)NCc1ccc(cc1)O[C@H]1CCN(C(=O)Cc3c(F)cccc3Cl)C[C@@H]1NC2=O. The molecule has 0 spiro atoms. The zero-order valence-corrected chi connectivity index (χ0v) is 22.7. The third-order valence-corrected chi connectivity index (χ3v) is 7.47. The van der Waals surface area contributed by atoms with Crippen LogP contribution in [0.5, 0.6) is 11.5 Å². The van der Waals surface area contributed by atoms with Gasteiger partial charge < -0.3 is 25.0 Å². The van der Waals surface area contributed by atoms with Crippen LogP contribution < -0.4 is 20.1 Å². The maximum absolute atomic E-state index is 14.3. The molecule has 208 valence electrons. The highest BCUT2D eigenvalue weighted by atomic mass is 35.5. The highest BCUT2D eigenvalue weighted by Crippen LogP contribution is 2.25. The van der Waals surface area contributed by atoms with Gasteiger partial charge >= 0.3 is 0 Å². The number of rotatable bonds is 2. The summed E-state index contributed by atoms with van der Waals surface area (Å²) in [5.41, 5.74) is 2.15. The summed E-state index contributed by atoms with van der Waals surface area (Å²) in [5.74, 6) is -0.472. The summed E-state index contributed by atoms with van der Waals surface area (Å²) in [4.78, 5) is 40.5. The first kappa shape index (κ1) is 27.5. The van der Waals surface area contributed by atoms with E-state index >= 15 is 0 Å². The van der Waals surface area contributed by atoms with E-state index in [9.17, 15) is 18.8 Å². The normalized spacial score (nSPS) is 19.4. The van der Waals surface area contributed by atoms with Gasteiger partial charge in [0.2, 0.25) is 5.91 Å². The Labute approximate surface area is 236 Å². The quantitative estimate of drug-likeness (QED) is 0.492. The van der Waals surface area contributed by atoms with E-state index in [1.54, 1.807) is 41.3 Å². The monoisotopic (exact) mass is 565 g/mol. The summed E-state index contributed by atoms with van der Waals surface area (Å²) in [6, 6.07) is 16.1. The third kappa shape index (κ3) is 6.37. The smallest absolute Gasteiger partial charge is 0.258 e.